The second-order valence-electron chi connectivity index (χ2n) is 6.15. The molecule has 0 unspecified atom stereocenters. The van der Waals surface area contributed by atoms with Gasteiger partial charge in [-0.3, -0.25) is 14.5 Å². The standard InChI is InChI=1S/C21H19N3O2S2/c1-15(13-16-7-3-2-4-8-16)14-17-20(26)24(21(27)28-17)12-10-19(25)23-18-9-5-6-11-22-18/h2-9,11,13-14H,10,12H2,1H3,(H,22,23,25). The summed E-state index contributed by atoms with van der Waals surface area (Å²) >= 11 is 6.58. The fourth-order valence-electron chi connectivity index (χ4n) is 2.61. The van der Waals surface area contributed by atoms with Crippen LogP contribution in [0.1, 0.15) is 18.9 Å². The lowest BCUT2D eigenvalue weighted by Gasteiger charge is -2.13. The summed E-state index contributed by atoms with van der Waals surface area (Å²) in [6.07, 6.45) is 5.59. The number of nitrogens with one attached hydrogen (secondary N) is 1. The summed E-state index contributed by atoms with van der Waals surface area (Å²) in [6, 6.07) is 15.2. The zero-order valence-corrected chi connectivity index (χ0v) is 16.9. The third-order valence-corrected chi connectivity index (χ3v) is 5.30. The Bertz CT molecular complexity index is 941. The number of rotatable bonds is 6. The fraction of sp³-hybridized carbons (Fsp3) is 0.143. The molecule has 0 bridgehead atoms. The maximum atomic E-state index is 12.7. The summed E-state index contributed by atoms with van der Waals surface area (Å²) in [5.74, 6) is 0.109. The van der Waals surface area contributed by atoms with E-state index < -0.39 is 0 Å². The average molecular weight is 410 g/mol. The van der Waals surface area contributed by atoms with Gasteiger partial charge in [0, 0.05) is 19.2 Å². The van der Waals surface area contributed by atoms with E-state index in [0.29, 0.717) is 15.0 Å². The topological polar surface area (TPSA) is 62.3 Å². The van der Waals surface area contributed by atoms with E-state index in [-0.39, 0.29) is 24.8 Å². The Morgan fingerprint density at radius 3 is 2.68 bits per heavy atom. The average Bonchev–Trinajstić information content (AvgIpc) is 2.94. The maximum Gasteiger partial charge on any atom is 0.266 e. The van der Waals surface area contributed by atoms with Crippen LogP contribution in [0.25, 0.3) is 6.08 Å². The Kier molecular flexibility index (Phi) is 6.73. The molecule has 1 aromatic carbocycles. The molecule has 0 atom stereocenters. The van der Waals surface area contributed by atoms with Crippen LogP contribution in [0.4, 0.5) is 5.82 Å². The molecular formula is C21H19N3O2S2. The van der Waals surface area contributed by atoms with Crippen LogP contribution < -0.4 is 5.32 Å². The molecule has 1 fully saturated rings. The van der Waals surface area contributed by atoms with Crippen LogP contribution in [0.15, 0.2) is 71.3 Å². The second-order valence-corrected chi connectivity index (χ2v) is 7.82. The quantitative estimate of drug-likeness (QED) is 0.571. The van der Waals surface area contributed by atoms with Gasteiger partial charge in [0.25, 0.3) is 5.91 Å². The van der Waals surface area contributed by atoms with Crippen molar-refractivity contribution in [2.24, 2.45) is 0 Å². The number of thiocarbonyl (C=S) groups is 1. The van der Waals surface area contributed by atoms with Crippen LogP contribution in [0.2, 0.25) is 0 Å². The lowest BCUT2D eigenvalue weighted by atomic mass is 10.1. The Hall–Kier alpha value is -2.77. The van der Waals surface area contributed by atoms with Crippen LogP contribution in [-0.2, 0) is 9.59 Å². The Morgan fingerprint density at radius 2 is 1.96 bits per heavy atom. The van der Waals surface area contributed by atoms with Crippen molar-refractivity contribution >= 4 is 52.0 Å². The number of hydrogen-bond donors (Lipinski definition) is 1. The van der Waals surface area contributed by atoms with Crippen molar-refractivity contribution in [2.75, 3.05) is 11.9 Å². The van der Waals surface area contributed by atoms with Gasteiger partial charge in [-0.15, -0.1) is 0 Å². The molecule has 2 heterocycles. The predicted octanol–water partition coefficient (Wildman–Crippen LogP) is 4.26. The Balaban J connectivity index is 1.60. The molecule has 3 rings (SSSR count). The van der Waals surface area contributed by atoms with Crippen LogP contribution in [-0.4, -0.2) is 32.6 Å². The second kappa shape index (κ2) is 9.43. The molecule has 7 heteroatoms. The highest BCUT2D eigenvalue weighted by Gasteiger charge is 2.32. The first kappa shape index (κ1) is 20.0. The van der Waals surface area contributed by atoms with Gasteiger partial charge in [0.15, 0.2) is 0 Å². The van der Waals surface area contributed by atoms with E-state index in [1.165, 1.54) is 16.7 Å². The first-order valence-corrected chi connectivity index (χ1v) is 9.95. The number of benzene rings is 1. The molecular weight excluding hydrogens is 390 g/mol. The van der Waals surface area contributed by atoms with Gasteiger partial charge in [0.05, 0.1) is 4.91 Å². The van der Waals surface area contributed by atoms with Crippen LogP contribution >= 0.6 is 24.0 Å². The van der Waals surface area contributed by atoms with E-state index in [0.717, 1.165) is 11.1 Å². The van der Waals surface area contributed by atoms with E-state index in [4.69, 9.17) is 12.2 Å². The van der Waals surface area contributed by atoms with Gasteiger partial charge in [-0.2, -0.15) is 0 Å². The summed E-state index contributed by atoms with van der Waals surface area (Å²) in [5, 5.41) is 2.70. The third-order valence-electron chi connectivity index (χ3n) is 3.92. The number of thioether (sulfide) groups is 1. The van der Waals surface area contributed by atoms with Gasteiger partial charge in [-0.25, -0.2) is 4.98 Å². The van der Waals surface area contributed by atoms with Crippen molar-refractivity contribution in [3.63, 3.8) is 0 Å². The van der Waals surface area contributed by atoms with E-state index in [1.54, 1.807) is 24.4 Å². The number of amides is 2. The van der Waals surface area contributed by atoms with Crippen molar-refractivity contribution in [1.82, 2.24) is 9.88 Å². The van der Waals surface area contributed by atoms with Crippen molar-refractivity contribution in [1.29, 1.82) is 0 Å². The number of aromatic nitrogens is 1. The van der Waals surface area contributed by atoms with Crippen LogP contribution in [0, 0.1) is 0 Å². The van der Waals surface area contributed by atoms with E-state index in [1.807, 2.05) is 49.4 Å². The molecule has 28 heavy (non-hydrogen) atoms. The van der Waals surface area contributed by atoms with E-state index in [2.05, 4.69) is 10.3 Å². The summed E-state index contributed by atoms with van der Waals surface area (Å²) in [5.41, 5.74) is 2.03. The van der Waals surface area contributed by atoms with Gasteiger partial charge in [-0.1, -0.05) is 66.5 Å². The monoisotopic (exact) mass is 409 g/mol. The molecule has 1 N–H and O–H groups in total. The highest BCUT2D eigenvalue weighted by molar-refractivity contribution is 8.26. The van der Waals surface area contributed by atoms with Crippen LogP contribution in [0.3, 0.4) is 0 Å². The summed E-state index contributed by atoms with van der Waals surface area (Å²) in [7, 11) is 0. The van der Waals surface area contributed by atoms with Gasteiger partial charge in [-0.05, 0) is 36.3 Å². The number of pyridine rings is 1. The summed E-state index contributed by atoms with van der Waals surface area (Å²) in [6.45, 7) is 2.18. The molecule has 2 amide bonds. The molecule has 0 saturated carbocycles. The summed E-state index contributed by atoms with van der Waals surface area (Å²) < 4.78 is 0.467. The molecule has 1 saturated heterocycles. The minimum absolute atomic E-state index is 0.148. The van der Waals surface area contributed by atoms with Crippen molar-refractivity contribution in [3.8, 4) is 0 Å². The van der Waals surface area contributed by atoms with E-state index in [9.17, 15) is 9.59 Å². The first-order valence-electron chi connectivity index (χ1n) is 8.72. The molecule has 1 aromatic heterocycles. The fourth-order valence-corrected chi connectivity index (χ4v) is 3.97. The molecule has 0 spiro atoms. The lowest BCUT2D eigenvalue weighted by molar-refractivity contribution is -0.122. The number of anilines is 1. The molecule has 0 aliphatic carbocycles. The van der Waals surface area contributed by atoms with Crippen molar-refractivity contribution in [3.05, 3.63) is 76.8 Å². The number of allylic oxidation sites excluding steroid dienone is 2. The summed E-state index contributed by atoms with van der Waals surface area (Å²) in [4.78, 5) is 30.8. The minimum atomic E-state index is -0.211. The van der Waals surface area contributed by atoms with Crippen LogP contribution in [0.5, 0.6) is 0 Å². The normalized spacial score (nSPS) is 16.0. The van der Waals surface area contributed by atoms with Gasteiger partial charge in [0.2, 0.25) is 5.91 Å². The Morgan fingerprint density at radius 1 is 1.21 bits per heavy atom. The number of hydrogen-bond acceptors (Lipinski definition) is 5. The lowest BCUT2D eigenvalue weighted by Crippen LogP contribution is -2.31. The number of carbonyl (C=O) groups excluding carboxylic acids is 2. The largest absolute Gasteiger partial charge is 0.311 e. The Labute approximate surface area is 173 Å². The molecule has 2 aromatic rings. The van der Waals surface area contributed by atoms with Gasteiger partial charge < -0.3 is 5.32 Å². The van der Waals surface area contributed by atoms with Crippen molar-refractivity contribution in [2.45, 2.75) is 13.3 Å². The SMILES string of the molecule is CC(=Cc1ccccc1)C=C1SC(=S)N(CCC(=O)Nc2ccccn2)C1=O. The molecule has 1 aliphatic heterocycles. The predicted molar refractivity (Wildman–Crippen MR) is 118 cm³/mol. The maximum absolute atomic E-state index is 12.7. The highest BCUT2D eigenvalue weighted by atomic mass is 32.2. The molecule has 0 radical (unpaired) electrons. The molecule has 5 nitrogen and oxygen atoms in total. The number of nitrogens with zero attached hydrogens (tertiary/aromatic N) is 2. The zero-order valence-electron chi connectivity index (χ0n) is 15.3. The number of carbonyl (C=O) groups is 2. The molecule has 1 aliphatic rings. The van der Waals surface area contributed by atoms with Gasteiger partial charge >= 0.3 is 0 Å². The third kappa shape index (κ3) is 5.37. The zero-order chi connectivity index (χ0) is 19.9. The molecule has 142 valence electrons. The minimum Gasteiger partial charge on any atom is -0.311 e. The smallest absolute Gasteiger partial charge is 0.266 e. The first-order chi connectivity index (χ1) is 13.5. The van der Waals surface area contributed by atoms with E-state index >= 15 is 0 Å². The highest BCUT2D eigenvalue weighted by Crippen LogP contribution is 2.32. The van der Waals surface area contributed by atoms with Gasteiger partial charge in [0.1, 0.15) is 10.1 Å². The van der Waals surface area contributed by atoms with Crippen molar-refractivity contribution < 1.29 is 9.59 Å².